The highest BCUT2D eigenvalue weighted by atomic mass is 16.5. The van der Waals surface area contributed by atoms with E-state index in [0.717, 1.165) is 5.69 Å². The fraction of sp³-hybridized carbons (Fsp3) is 0.130. The van der Waals surface area contributed by atoms with E-state index in [-0.39, 0.29) is 23.4 Å². The zero-order valence-corrected chi connectivity index (χ0v) is 17.1. The molecule has 0 bridgehead atoms. The van der Waals surface area contributed by atoms with Gasteiger partial charge in [0, 0.05) is 0 Å². The molecule has 2 heterocycles. The molecule has 4 rings (SSSR count). The molecule has 0 radical (unpaired) electrons. The number of nitrogens with zero attached hydrogens (tertiary/aromatic N) is 4. The highest BCUT2D eigenvalue weighted by Gasteiger charge is 2.18. The lowest BCUT2D eigenvalue weighted by Gasteiger charge is -2.13. The van der Waals surface area contributed by atoms with Crippen LogP contribution >= 0.6 is 0 Å². The third-order valence-corrected chi connectivity index (χ3v) is 4.79. The van der Waals surface area contributed by atoms with E-state index in [1.54, 1.807) is 33.8 Å². The van der Waals surface area contributed by atoms with Gasteiger partial charge in [-0.25, -0.2) is 9.48 Å². The average Bonchev–Trinajstić information content (AvgIpc) is 3.30. The molecule has 0 fully saturated rings. The molecule has 0 N–H and O–H groups in total. The van der Waals surface area contributed by atoms with Crippen LogP contribution in [-0.4, -0.2) is 39.7 Å². The first-order valence-electron chi connectivity index (χ1n) is 9.54. The number of aromatic nitrogens is 4. The molecule has 8 heteroatoms. The van der Waals surface area contributed by atoms with Crippen LogP contribution in [0.25, 0.3) is 17.1 Å². The fourth-order valence-electron chi connectivity index (χ4n) is 3.31. The Hall–Kier alpha value is -4.20. The van der Waals surface area contributed by atoms with Crippen molar-refractivity contribution < 1.29 is 14.3 Å². The molecule has 8 nitrogen and oxygen atoms in total. The van der Waals surface area contributed by atoms with Gasteiger partial charge in [-0.05, 0) is 29.8 Å². The Bertz CT molecular complexity index is 1280. The highest BCUT2D eigenvalue weighted by molar-refractivity contribution is 5.90. The van der Waals surface area contributed by atoms with Crippen LogP contribution in [0, 0.1) is 0 Å². The SMILES string of the molecule is COC(=O)c1ccccc1Cn1cc(OC)c(=O)c(-c2ccnn2-c2ccccc2)n1. The minimum absolute atomic E-state index is 0.140. The Morgan fingerprint density at radius 2 is 1.74 bits per heavy atom. The van der Waals surface area contributed by atoms with Gasteiger partial charge in [-0.15, -0.1) is 0 Å². The second-order valence-electron chi connectivity index (χ2n) is 6.69. The monoisotopic (exact) mass is 416 g/mol. The minimum Gasteiger partial charge on any atom is -0.491 e. The average molecular weight is 416 g/mol. The summed E-state index contributed by atoms with van der Waals surface area (Å²) in [5.74, 6) is -0.299. The maximum atomic E-state index is 13.0. The van der Waals surface area contributed by atoms with Crippen molar-refractivity contribution in [1.29, 1.82) is 0 Å². The molecule has 0 atom stereocenters. The van der Waals surface area contributed by atoms with Gasteiger partial charge in [-0.3, -0.25) is 9.48 Å². The molecular formula is C23H20N4O4. The van der Waals surface area contributed by atoms with Gasteiger partial charge in [-0.2, -0.15) is 10.2 Å². The molecule has 0 unspecified atom stereocenters. The molecular weight excluding hydrogens is 396 g/mol. The normalized spacial score (nSPS) is 10.6. The summed E-state index contributed by atoms with van der Waals surface area (Å²) in [7, 11) is 2.77. The topological polar surface area (TPSA) is 88.2 Å². The van der Waals surface area contributed by atoms with E-state index in [9.17, 15) is 9.59 Å². The second-order valence-corrected chi connectivity index (χ2v) is 6.69. The third-order valence-electron chi connectivity index (χ3n) is 4.79. The summed E-state index contributed by atoms with van der Waals surface area (Å²) in [4.78, 5) is 25.1. The highest BCUT2D eigenvalue weighted by Crippen LogP contribution is 2.20. The van der Waals surface area contributed by atoms with Gasteiger partial charge in [0.1, 0.15) is 0 Å². The zero-order chi connectivity index (χ0) is 21.8. The first-order valence-corrected chi connectivity index (χ1v) is 9.54. The van der Waals surface area contributed by atoms with Crippen LogP contribution < -0.4 is 10.2 Å². The van der Waals surface area contributed by atoms with Crippen molar-refractivity contribution in [2.75, 3.05) is 14.2 Å². The Kier molecular flexibility index (Phi) is 5.61. The quantitative estimate of drug-likeness (QED) is 0.449. The van der Waals surface area contributed by atoms with Crippen LogP contribution in [-0.2, 0) is 11.3 Å². The molecule has 0 aliphatic heterocycles. The summed E-state index contributed by atoms with van der Waals surface area (Å²) in [5.41, 5.74) is 2.31. The summed E-state index contributed by atoms with van der Waals surface area (Å²) in [5, 5.41) is 8.89. The summed E-state index contributed by atoms with van der Waals surface area (Å²) in [6.45, 7) is 0.244. The van der Waals surface area contributed by atoms with Crippen molar-refractivity contribution in [2.24, 2.45) is 0 Å². The van der Waals surface area contributed by atoms with E-state index < -0.39 is 5.97 Å². The Labute approximate surface area is 178 Å². The van der Waals surface area contributed by atoms with E-state index in [4.69, 9.17) is 9.47 Å². The standard InChI is InChI=1S/C23H20N4O4/c1-30-20-15-26(14-16-8-6-7-11-18(16)23(29)31-2)25-21(22(20)28)19-12-13-24-27(19)17-9-4-3-5-10-17/h3-13,15H,14H2,1-2H3. The number of hydrogen-bond acceptors (Lipinski definition) is 6. The first kappa shape index (κ1) is 20.1. The number of hydrogen-bond donors (Lipinski definition) is 0. The van der Waals surface area contributed by atoms with Gasteiger partial charge < -0.3 is 9.47 Å². The third kappa shape index (κ3) is 3.95. The van der Waals surface area contributed by atoms with Crippen LogP contribution in [0.2, 0.25) is 0 Å². The molecule has 0 saturated heterocycles. The number of methoxy groups -OCH3 is 2. The lowest BCUT2D eigenvalue weighted by atomic mass is 10.1. The number of rotatable bonds is 6. The maximum absolute atomic E-state index is 13.0. The van der Waals surface area contributed by atoms with Gasteiger partial charge in [0.2, 0.25) is 0 Å². The number of carbonyl (C=O) groups excluding carboxylic acids is 1. The van der Waals surface area contributed by atoms with E-state index in [0.29, 0.717) is 16.8 Å². The second kappa shape index (κ2) is 8.66. The van der Waals surface area contributed by atoms with Crippen LogP contribution in [0.3, 0.4) is 0 Å². The van der Waals surface area contributed by atoms with Gasteiger partial charge in [0.05, 0.1) is 50.1 Å². The molecule has 2 aromatic carbocycles. The zero-order valence-electron chi connectivity index (χ0n) is 17.1. The van der Waals surface area contributed by atoms with E-state index in [2.05, 4.69) is 10.2 Å². The predicted molar refractivity (Wildman–Crippen MR) is 114 cm³/mol. The number of esters is 1. The predicted octanol–water partition coefficient (Wildman–Crippen LogP) is 2.94. The summed E-state index contributed by atoms with van der Waals surface area (Å²) >= 11 is 0. The van der Waals surface area contributed by atoms with Crippen LogP contribution in [0.4, 0.5) is 0 Å². The Balaban J connectivity index is 1.82. The molecule has 31 heavy (non-hydrogen) atoms. The molecule has 0 aliphatic carbocycles. The number of ether oxygens (including phenoxy) is 2. The summed E-state index contributed by atoms with van der Waals surface area (Å²) < 4.78 is 13.4. The van der Waals surface area contributed by atoms with Crippen molar-refractivity contribution >= 4 is 5.97 Å². The number of carbonyl (C=O) groups is 1. The van der Waals surface area contributed by atoms with E-state index in [1.807, 2.05) is 42.5 Å². The summed E-state index contributed by atoms with van der Waals surface area (Å²) in [6.07, 6.45) is 3.13. The largest absolute Gasteiger partial charge is 0.491 e. The molecule has 2 aromatic heterocycles. The van der Waals surface area contributed by atoms with Gasteiger partial charge in [0.25, 0.3) is 5.43 Å². The van der Waals surface area contributed by atoms with Crippen molar-refractivity contribution in [3.8, 4) is 22.8 Å². The van der Waals surface area contributed by atoms with Crippen LogP contribution in [0.5, 0.6) is 5.75 Å². The Morgan fingerprint density at radius 1 is 1.00 bits per heavy atom. The van der Waals surface area contributed by atoms with Gasteiger partial charge in [0.15, 0.2) is 11.4 Å². The smallest absolute Gasteiger partial charge is 0.338 e. The first-order chi connectivity index (χ1) is 15.1. The lowest BCUT2D eigenvalue weighted by molar-refractivity contribution is 0.0599. The molecule has 0 aliphatic rings. The molecule has 4 aromatic rings. The lowest BCUT2D eigenvalue weighted by Crippen LogP contribution is -2.19. The number of para-hydroxylation sites is 1. The van der Waals surface area contributed by atoms with Crippen molar-refractivity contribution in [2.45, 2.75) is 6.54 Å². The number of benzene rings is 2. The molecule has 0 saturated carbocycles. The van der Waals surface area contributed by atoms with Crippen molar-refractivity contribution in [3.05, 3.63) is 94.4 Å². The molecule has 0 spiro atoms. The molecule has 0 amide bonds. The Morgan fingerprint density at radius 3 is 2.48 bits per heavy atom. The summed E-state index contributed by atoms with van der Waals surface area (Å²) in [6, 6.07) is 18.3. The van der Waals surface area contributed by atoms with Crippen LogP contribution in [0.1, 0.15) is 15.9 Å². The van der Waals surface area contributed by atoms with Gasteiger partial charge >= 0.3 is 5.97 Å². The van der Waals surface area contributed by atoms with Crippen molar-refractivity contribution in [3.63, 3.8) is 0 Å². The van der Waals surface area contributed by atoms with Crippen LogP contribution in [0.15, 0.2) is 77.9 Å². The minimum atomic E-state index is -0.439. The molecule has 156 valence electrons. The van der Waals surface area contributed by atoms with E-state index in [1.165, 1.54) is 20.4 Å². The van der Waals surface area contributed by atoms with Crippen molar-refractivity contribution in [1.82, 2.24) is 19.6 Å². The van der Waals surface area contributed by atoms with E-state index >= 15 is 0 Å². The van der Waals surface area contributed by atoms with Gasteiger partial charge in [-0.1, -0.05) is 36.4 Å². The maximum Gasteiger partial charge on any atom is 0.338 e. The fourth-order valence-corrected chi connectivity index (χ4v) is 3.31.